The largest absolute Gasteiger partial charge is 0.418 e. The van der Waals surface area contributed by atoms with Gasteiger partial charge in [-0.25, -0.2) is 0 Å². The summed E-state index contributed by atoms with van der Waals surface area (Å²) in [5.74, 6) is -0.648. The Hall–Kier alpha value is -2.77. The molecule has 0 spiro atoms. The number of carbonyl (C=O) groups is 1. The minimum atomic E-state index is -4.54. The molecule has 2 N–H and O–H groups in total. The highest BCUT2D eigenvalue weighted by Crippen LogP contribution is 2.34. The lowest BCUT2D eigenvalue weighted by Crippen LogP contribution is -2.35. The lowest BCUT2D eigenvalue weighted by molar-refractivity contribution is -0.137. The van der Waals surface area contributed by atoms with Crippen LogP contribution in [0.25, 0.3) is 0 Å². The average Bonchev–Trinajstić information content (AvgIpc) is 2.47. The molecule has 116 valence electrons. The molecule has 2 rings (SSSR count). The first-order valence-electron chi connectivity index (χ1n) is 6.24. The zero-order valence-electron chi connectivity index (χ0n) is 11.2. The van der Waals surface area contributed by atoms with Gasteiger partial charge in [0, 0.05) is 12.3 Å². The number of hydrazine groups is 1. The van der Waals surface area contributed by atoms with E-state index in [2.05, 4.69) is 10.9 Å². The SMILES string of the molecule is O=C(Cn1ccccc1=O)NNc1ccccc1C(F)(F)F. The third-order valence-electron chi connectivity index (χ3n) is 2.78. The molecule has 0 unspecified atom stereocenters. The maximum absolute atomic E-state index is 12.8. The van der Waals surface area contributed by atoms with Crippen molar-refractivity contribution in [2.75, 3.05) is 5.43 Å². The zero-order valence-corrected chi connectivity index (χ0v) is 11.2. The highest BCUT2D eigenvalue weighted by Gasteiger charge is 2.33. The molecular weight excluding hydrogens is 299 g/mol. The van der Waals surface area contributed by atoms with Crippen molar-refractivity contribution in [1.29, 1.82) is 0 Å². The Morgan fingerprint density at radius 3 is 2.45 bits per heavy atom. The fourth-order valence-corrected chi connectivity index (χ4v) is 1.76. The minimum absolute atomic E-state index is 0.274. The number of aromatic nitrogens is 1. The fraction of sp³-hybridized carbons (Fsp3) is 0.143. The molecule has 0 bridgehead atoms. The Balaban J connectivity index is 2.04. The van der Waals surface area contributed by atoms with Gasteiger partial charge in [-0.05, 0) is 18.2 Å². The molecular formula is C14H12F3N3O2. The van der Waals surface area contributed by atoms with Crippen molar-refractivity contribution >= 4 is 11.6 Å². The Morgan fingerprint density at radius 1 is 1.09 bits per heavy atom. The van der Waals surface area contributed by atoms with Crippen molar-refractivity contribution in [1.82, 2.24) is 9.99 Å². The summed E-state index contributed by atoms with van der Waals surface area (Å²) < 4.78 is 39.5. The molecule has 0 saturated carbocycles. The van der Waals surface area contributed by atoms with Gasteiger partial charge in [0.25, 0.3) is 11.5 Å². The summed E-state index contributed by atoms with van der Waals surface area (Å²) in [5, 5.41) is 0. The number of nitrogens with zero attached hydrogens (tertiary/aromatic N) is 1. The number of benzene rings is 1. The van der Waals surface area contributed by atoms with Crippen LogP contribution in [0.4, 0.5) is 18.9 Å². The van der Waals surface area contributed by atoms with Gasteiger partial charge in [0.05, 0.1) is 11.3 Å². The van der Waals surface area contributed by atoms with Crippen molar-refractivity contribution in [3.8, 4) is 0 Å². The third-order valence-corrected chi connectivity index (χ3v) is 2.78. The lowest BCUT2D eigenvalue weighted by Gasteiger charge is -2.15. The average molecular weight is 311 g/mol. The number of anilines is 1. The van der Waals surface area contributed by atoms with Crippen LogP contribution in [0, 0.1) is 0 Å². The van der Waals surface area contributed by atoms with Crippen molar-refractivity contribution < 1.29 is 18.0 Å². The second kappa shape index (κ2) is 6.33. The molecule has 2 aromatic rings. The van der Waals surface area contributed by atoms with Gasteiger partial charge in [0.15, 0.2) is 0 Å². The van der Waals surface area contributed by atoms with Gasteiger partial charge in [-0.3, -0.25) is 20.4 Å². The summed E-state index contributed by atoms with van der Waals surface area (Å²) in [7, 11) is 0. The van der Waals surface area contributed by atoms with Crippen LogP contribution in [0.15, 0.2) is 53.5 Å². The van der Waals surface area contributed by atoms with Crippen LogP contribution in [0.5, 0.6) is 0 Å². The highest BCUT2D eigenvalue weighted by atomic mass is 19.4. The summed E-state index contributed by atoms with van der Waals surface area (Å²) in [4.78, 5) is 23.1. The number of para-hydroxylation sites is 1. The highest BCUT2D eigenvalue weighted by molar-refractivity contribution is 5.77. The number of halogens is 3. The van der Waals surface area contributed by atoms with Crippen molar-refractivity contribution in [3.63, 3.8) is 0 Å². The normalized spacial score (nSPS) is 11.0. The van der Waals surface area contributed by atoms with Gasteiger partial charge in [0.2, 0.25) is 0 Å². The van der Waals surface area contributed by atoms with Crippen LogP contribution in [-0.4, -0.2) is 10.5 Å². The number of carbonyl (C=O) groups excluding carboxylic acids is 1. The predicted molar refractivity (Wildman–Crippen MR) is 73.9 cm³/mol. The molecule has 1 aromatic carbocycles. The molecule has 0 saturated heterocycles. The monoisotopic (exact) mass is 311 g/mol. The van der Waals surface area contributed by atoms with E-state index < -0.39 is 17.6 Å². The number of amides is 1. The molecule has 0 atom stereocenters. The molecule has 0 aliphatic carbocycles. The second-order valence-electron chi connectivity index (χ2n) is 4.38. The fourth-order valence-electron chi connectivity index (χ4n) is 1.76. The van der Waals surface area contributed by atoms with Crippen molar-refractivity contribution in [3.05, 3.63) is 64.6 Å². The maximum atomic E-state index is 12.8. The predicted octanol–water partition coefficient (Wildman–Crippen LogP) is 2.01. The first kappa shape index (κ1) is 15.6. The first-order chi connectivity index (χ1) is 10.4. The Morgan fingerprint density at radius 2 is 1.77 bits per heavy atom. The summed E-state index contributed by atoms with van der Waals surface area (Å²) in [6.45, 7) is -0.305. The Labute approximate surface area is 123 Å². The number of hydrogen-bond acceptors (Lipinski definition) is 3. The summed E-state index contributed by atoms with van der Waals surface area (Å²) in [5.41, 5.74) is 2.81. The molecule has 0 aliphatic heterocycles. The van der Waals surface area contributed by atoms with E-state index in [1.165, 1.54) is 36.5 Å². The number of nitrogens with one attached hydrogen (secondary N) is 2. The molecule has 1 amide bonds. The second-order valence-corrected chi connectivity index (χ2v) is 4.38. The molecule has 8 heteroatoms. The summed E-state index contributed by atoms with van der Waals surface area (Å²) in [6, 6.07) is 9.12. The van der Waals surface area contributed by atoms with Crippen LogP contribution in [0.3, 0.4) is 0 Å². The van der Waals surface area contributed by atoms with E-state index in [-0.39, 0.29) is 17.8 Å². The van der Waals surface area contributed by atoms with E-state index in [1.807, 2.05) is 0 Å². The number of alkyl halides is 3. The number of rotatable bonds is 4. The molecule has 1 aromatic heterocycles. The first-order valence-corrected chi connectivity index (χ1v) is 6.24. The molecule has 1 heterocycles. The van der Waals surface area contributed by atoms with Gasteiger partial charge in [-0.1, -0.05) is 18.2 Å². The van der Waals surface area contributed by atoms with Crippen LogP contribution < -0.4 is 16.4 Å². The third kappa shape index (κ3) is 3.87. The Bertz CT molecular complexity index is 726. The van der Waals surface area contributed by atoms with E-state index in [0.717, 1.165) is 10.6 Å². The number of pyridine rings is 1. The van der Waals surface area contributed by atoms with E-state index in [0.29, 0.717) is 0 Å². The van der Waals surface area contributed by atoms with Crippen molar-refractivity contribution in [2.24, 2.45) is 0 Å². The lowest BCUT2D eigenvalue weighted by atomic mass is 10.2. The Kier molecular flexibility index (Phi) is 4.50. The van der Waals surface area contributed by atoms with Gasteiger partial charge in [0.1, 0.15) is 6.54 Å². The molecule has 0 fully saturated rings. The molecule has 5 nitrogen and oxygen atoms in total. The zero-order chi connectivity index (χ0) is 16.2. The maximum Gasteiger partial charge on any atom is 0.418 e. The van der Waals surface area contributed by atoms with E-state index in [1.54, 1.807) is 6.07 Å². The smallest absolute Gasteiger partial charge is 0.306 e. The van der Waals surface area contributed by atoms with Gasteiger partial charge >= 0.3 is 6.18 Å². The van der Waals surface area contributed by atoms with Gasteiger partial charge in [-0.2, -0.15) is 13.2 Å². The van der Waals surface area contributed by atoms with Gasteiger partial charge < -0.3 is 4.57 Å². The molecule has 22 heavy (non-hydrogen) atoms. The van der Waals surface area contributed by atoms with Crippen LogP contribution in [-0.2, 0) is 17.5 Å². The van der Waals surface area contributed by atoms with E-state index in [4.69, 9.17) is 0 Å². The molecule has 0 radical (unpaired) electrons. The minimum Gasteiger partial charge on any atom is -0.306 e. The van der Waals surface area contributed by atoms with Crippen LogP contribution in [0.2, 0.25) is 0 Å². The topological polar surface area (TPSA) is 63.1 Å². The van der Waals surface area contributed by atoms with E-state index >= 15 is 0 Å². The summed E-state index contributed by atoms with van der Waals surface area (Å²) in [6.07, 6.45) is -3.13. The molecule has 0 aliphatic rings. The number of hydrogen-bond donors (Lipinski definition) is 2. The van der Waals surface area contributed by atoms with Crippen LogP contribution in [0.1, 0.15) is 5.56 Å². The van der Waals surface area contributed by atoms with Crippen LogP contribution >= 0.6 is 0 Å². The standard InChI is InChI=1S/C14H12F3N3O2/c15-14(16,17)10-5-1-2-6-11(10)18-19-12(21)9-20-8-4-3-7-13(20)22/h1-8,18H,9H2,(H,19,21). The van der Waals surface area contributed by atoms with E-state index in [9.17, 15) is 22.8 Å². The van der Waals surface area contributed by atoms with Gasteiger partial charge in [-0.15, -0.1) is 0 Å². The quantitative estimate of drug-likeness (QED) is 0.849. The van der Waals surface area contributed by atoms with Crippen molar-refractivity contribution in [2.45, 2.75) is 12.7 Å². The summed E-state index contributed by atoms with van der Waals surface area (Å²) >= 11 is 0.